The standard InChI is InChI=1S/C20H13Cl3N2O3S/c21-14-7-8-17(20-19(14)16(23)11-24-20)25-29(26,27)13-6-9-18(15(22)10-13)28-12-4-2-1-3-5-12/h1-11,24-25H. The molecule has 29 heavy (non-hydrogen) atoms. The van der Waals surface area contributed by atoms with Crippen LogP contribution < -0.4 is 9.46 Å². The minimum Gasteiger partial charge on any atom is -0.456 e. The molecule has 0 aliphatic carbocycles. The zero-order chi connectivity index (χ0) is 20.6. The van der Waals surface area contributed by atoms with Gasteiger partial charge < -0.3 is 9.72 Å². The van der Waals surface area contributed by atoms with Gasteiger partial charge in [0.15, 0.2) is 0 Å². The molecular formula is C20H13Cl3N2O3S. The number of hydrogen-bond acceptors (Lipinski definition) is 3. The predicted octanol–water partition coefficient (Wildman–Crippen LogP) is 6.72. The highest BCUT2D eigenvalue weighted by molar-refractivity contribution is 7.92. The van der Waals surface area contributed by atoms with Gasteiger partial charge in [-0.2, -0.15) is 0 Å². The topological polar surface area (TPSA) is 71.2 Å². The molecule has 0 fully saturated rings. The molecule has 0 radical (unpaired) electrons. The molecule has 0 bridgehead atoms. The number of nitrogens with one attached hydrogen (secondary N) is 2. The summed E-state index contributed by atoms with van der Waals surface area (Å²) >= 11 is 18.5. The van der Waals surface area contributed by atoms with E-state index >= 15 is 0 Å². The van der Waals surface area contributed by atoms with Crippen LogP contribution in [0.15, 0.2) is 71.8 Å². The maximum absolute atomic E-state index is 12.9. The fourth-order valence-electron chi connectivity index (χ4n) is 2.80. The third kappa shape index (κ3) is 4.02. The summed E-state index contributed by atoms with van der Waals surface area (Å²) in [5.41, 5.74) is 0.804. The number of para-hydroxylation sites is 1. The van der Waals surface area contributed by atoms with Crippen LogP contribution >= 0.6 is 34.8 Å². The fourth-order valence-corrected chi connectivity index (χ4v) is 4.74. The quantitative estimate of drug-likeness (QED) is 0.342. The summed E-state index contributed by atoms with van der Waals surface area (Å²) in [7, 11) is -3.92. The Bertz CT molecular complexity index is 1310. The molecule has 0 spiro atoms. The lowest BCUT2D eigenvalue weighted by Crippen LogP contribution is -2.13. The molecule has 0 aliphatic heterocycles. The molecule has 0 saturated heterocycles. The van der Waals surface area contributed by atoms with Crippen molar-refractivity contribution in [2.24, 2.45) is 0 Å². The van der Waals surface area contributed by atoms with Crippen LogP contribution in [0.4, 0.5) is 5.69 Å². The van der Waals surface area contributed by atoms with Crippen LogP contribution in [-0.4, -0.2) is 13.4 Å². The normalized spacial score (nSPS) is 11.6. The second-order valence-corrected chi connectivity index (χ2v) is 9.00. The predicted molar refractivity (Wildman–Crippen MR) is 117 cm³/mol. The average molecular weight is 468 g/mol. The molecule has 1 aromatic heterocycles. The summed E-state index contributed by atoms with van der Waals surface area (Å²) in [5, 5.41) is 1.52. The van der Waals surface area contributed by atoms with E-state index in [2.05, 4.69) is 9.71 Å². The molecule has 148 valence electrons. The van der Waals surface area contributed by atoms with E-state index in [4.69, 9.17) is 39.5 Å². The highest BCUT2D eigenvalue weighted by atomic mass is 35.5. The van der Waals surface area contributed by atoms with Crippen molar-refractivity contribution in [2.75, 3.05) is 4.72 Å². The molecule has 1 heterocycles. The van der Waals surface area contributed by atoms with Gasteiger partial charge in [-0.05, 0) is 42.5 Å². The third-order valence-electron chi connectivity index (χ3n) is 4.17. The Hall–Kier alpha value is -2.38. The number of hydrogen-bond donors (Lipinski definition) is 2. The van der Waals surface area contributed by atoms with Crippen molar-refractivity contribution in [2.45, 2.75) is 4.90 Å². The van der Waals surface area contributed by atoms with Crippen LogP contribution in [0.3, 0.4) is 0 Å². The molecule has 0 amide bonds. The molecule has 0 saturated carbocycles. The number of aromatic amines is 1. The number of ether oxygens (including phenoxy) is 1. The van der Waals surface area contributed by atoms with Crippen molar-refractivity contribution >= 4 is 61.4 Å². The summed E-state index contributed by atoms with van der Waals surface area (Å²) in [4.78, 5) is 2.92. The van der Waals surface area contributed by atoms with Gasteiger partial charge in [0.05, 0.1) is 31.2 Å². The molecule has 5 nitrogen and oxygen atoms in total. The van der Waals surface area contributed by atoms with E-state index in [1.165, 1.54) is 18.2 Å². The molecule has 4 aromatic rings. The fraction of sp³-hybridized carbons (Fsp3) is 0. The molecule has 0 aliphatic rings. The first kappa shape index (κ1) is 19.9. The second kappa shape index (κ2) is 7.80. The van der Waals surface area contributed by atoms with Gasteiger partial charge in [0.1, 0.15) is 11.5 Å². The summed E-state index contributed by atoms with van der Waals surface area (Å²) in [5.74, 6) is 0.942. The molecule has 3 aromatic carbocycles. The van der Waals surface area contributed by atoms with E-state index in [-0.39, 0.29) is 9.92 Å². The van der Waals surface area contributed by atoms with E-state index in [1.54, 1.807) is 30.5 Å². The van der Waals surface area contributed by atoms with Crippen molar-refractivity contribution in [3.05, 3.63) is 81.9 Å². The molecular weight excluding hydrogens is 455 g/mol. The van der Waals surface area contributed by atoms with Gasteiger partial charge in [-0.1, -0.05) is 53.0 Å². The molecule has 0 atom stereocenters. The lowest BCUT2D eigenvalue weighted by molar-refractivity contribution is 0.482. The number of benzene rings is 3. The Morgan fingerprint density at radius 1 is 0.862 bits per heavy atom. The number of H-pyrrole nitrogens is 1. The van der Waals surface area contributed by atoms with Crippen molar-refractivity contribution in [3.63, 3.8) is 0 Å². The Balaban J connectivity index is 1.64. The SMILES string of the molecule is O=S(=O)(Nc1ccc(Cl)c2c(Cl)c[nH]c12)c1ccc(Oc2ccccc2)c(Cl)c1. The zero-order valence-electron chi connectivity index (χ0n) is 14.6. The Labute approximate surface area is 182 Å². The van der Waals surface area contributed by atoms with Crippen molar-refractivity contribution in [3.8, 4) is 11.5 Å². The summed E-state index contributed by atoms with van der Waals surface area (Å²) in [6.07, 6.45) is 1.54. The highest BCUT2D eigenvalue weighted by Crippen LogP contribution is 2.36. The van der Waals surface area contributed by atoms with Crippen LogP contribution in [0.5, 0.6) is 11.5 Å². The van der Waals surface area contributed by atoms with Crippen LogP contribution in [0, 0.1) is 0 Å². The molecule has 0 unspecified atom stereocenters. The smallest absolute Gasteiger partial charge is 0.262 e. The number of aromatic nitrogens is 1. The van der Waals surface area contributed by atoms with Crippen molar-refractivity contribution in [1.82, 2.24) is 4.98 Å². The number of fused-ring (bicyclic) bond motifs is 1. The van der Waals surface area contributed by atoms with Gasteiger partial charge in [-0.25, -0.2) is 8.42 Å². The van der Waals surface area contributed by atoms with Gasteiger partial charge in [0.25, 0.3) is 10.0 Å². The Morgan fingerprint density at radius 2 is 1.62 bits per heavy atom. The van der Waals surface area contributed by atoms with Gasteiger partial charge in [0, 0.05) is 11.6 Å². The number of anilines is 1. The summed E-state index contributed by atoms with van der Waals surface area (Å²) in [6, 6.07) is 16.4. The minimum absolute atomic E-state index is 0.0105. The first-order valence-electron chi connectivity index (χ1n) is 8.35. The van der Waals surface area contributed by atoms with Gasteiger partial charge in [-0.3, -0.25) is 4.72 Å². The average Bonchev–Trinajstić information content (AvgIpc) is 3.09. The maximum Gasteiger partial charge on any atom is 0.262 e. The first-order valence-corrected chi connectivity index (χ1v) is 11.0. The summed E-state index contributed by atoms with van der Waals surface area (Å²) < 4.78 is 34.0. The van der Waals surface area contributed by atoms with Crippen LogP contribution in [0.25, 0.3) is 10.9 Å². The van der Waals surface area contributed by atoms with Crippen molar-refractivity contribution in [1.29, 1.82) is 0 Å². The number of halogens is 3. The number of rotatable bonds is 5. The highest BCUT2D eigenvalue weighted by Gasteiger charge is 2.19. The lowest BCUT2D eigenvalue weighted by atomic mass is 10.2. The lowest BCUT2D eigenvalue weighted by Gasteiger charge is -2.12. The van der Waals surface area contributed by atoms with E-state index in [1.807, 2.05) is 18.2 Å². The third-order valence-corrected chi connectivity index (χ3v) is 6.44. The monoisotopic (exact) mass is 466 g/mol. The second-order valence-electron chi connectivity index (χ2n) is 6.09. The molecule has 9 heteroatoms. The maximum atomic E-state index is 12.9. The van der Waals surface area contributed by atoms with E-state index < -0.39 is 10.0 Å². The summed E-state index contributed by atoms with van der Waals surface area (Å²) in [6.45, 7) is 0. The minimum atomic E-state index is -3.92. The Morgan fingerprint density at radius 3 is 2.34 bits per heavy atom. The van der Waals surface area contributed by atoms with Gasteiger partial charge >= 0.3 is 0 Å². The largest absolute Gasteiger partial charge is 0.456 e. The van der Waals surface area contributed by atoms with E-state index in [0.29, 0.717) is 38.1 Å². The molecule has 4 rings (SSSR count). The first-order chi connectivity index (χ1) is 13.8. The van der Waals surface area contributed by atoms with Crippen LogP contribution in [0.1, 0.15) is 0 Å². The van der Waals surface area contributed by atoms with E-state index in [9.17, 15) is 8.42 Å². The Kier molecular flexibility index (Phi) is 5.36. The van der Waals surface area contributed by atoms with Gasteiger partial charge in [0.2, 0.25) is 0 Å². The van der Waals surface area contributed by atoms with E-state index in [0.717, 1.165) is 0 Å². The van der Waals surface area contributed by atoms with Crippen LogP contribution in [-0.2, 0) is 10.0 Å². The number of sulfonamides is 1. The molecule has 2 N–H and O–H groups in total. The van der Waals surface area contributed by atoms with Crippen molar-refractivity contribution < 1.29 is 13.2 Å². The zero-order valence-corrected chi connectivity index (χ0v) is 17.7. The van der Waals surface area contributed by atoms with Crippen LogP contribution in [0.2, 0.25) is 15.1 Å². The van der Waals surface area contributed by atoms with Gasteiger partial charge in [-0.15, -0.1) is 0 Å².